The number of guanidine groups is 1. The van der Waals surface area contributed by atoms with Crippen molar-refractivity contribution in [1.82, 2.24) is 0 Å². The number of anilines is 1. The largest absolute Gasteiger partial charge is 0.497 e. The van der Waals surface area contributed by atoms with Gasteiger partial charge in [-0.2, -0.15) is 0 Å². The Hall–Kier alpha value is -1.32. The smallest absolute Gasteiger partial charge is 0.252 e. The van der Waals surface area contributed by atoms with Crippen molar-refractivity contribution in [1.29, 1.82) is 0 Å². The van der Waals surface area contributed by atoms with E-state index in [9.17, 15) is 8.78 Å². The number of nitrogens with two attached hydrogens (primary N) is 1. The van der Waals surface area contributed by atoms with Crippen LogP contribution in [-0.4, -0.2) is 32.1 Å². The van der Waals surface area contributed by atoms with Crippen LogP contribution < -0.4 is 20.5 Å². The molecule has 0 aliphatic heterocycles. The summed E-state index contributed by atoms with van der Waals surface area (Å²) in [6.45, 7) is 0. The zero-order valence-corrected chi connectivity index (χ0v) is 14.1. The van der Waals surface area contributed by atoms with Gasteiger partial charge in [-0.15, -0.1) is 24.0 Å². The number of nitrogens with one attached hydrogen (secondary N) is 1. The Morgan fingerprint density at radius 1 is 1.33 bits per heavy atom. The van der Waals surface area contributed by atoms with Crippen LogP contribution in [0.1, 0.15) is 12.8 Å². The highest BCUT2D eigenvalue weighted by Crippen LogP contribution is 2.39. The molecule has 118 valence electrons. The Morgan fingerprint density at radius 2 is 2.00 bits per heavy atom. The van der Waals surface area contributed by atoms with Gasteiger partial charge in [-0.05, 0) is 12.1 Å². The molecule has 0 amide bonds. The van der Waals surface area contributed by atoms with Gasteiger partial charge in [0, 0.05) is 18.9 Å². The summed E-state index contributed by atoms with van der Waals surface area (Å²) in [6, 6.07) is 4.71. The van der Waals surface area contributed by atoms with Crippen molar-refractivity contribution in [2.45, 2.75) is 24.8 Å². The topological polar surface area (TPSA) is 68.9 Å². The quantitative estimate of drug-likeness (QED) is 0.453. The van der Waals surface area contributed by atoms with Crippen LogP contribution in [0.2, 0.25) is 0 Å². The van der Waals surface area contributed by atoms with Gasteiger partial charge in [-0.1, -0.05) is 0 Å². The van der Waals surface area contributed by atoms with Crippen LogP contribution >= 0.6 is 24.0 Å². The molecule has 5 nitrogen and oxygen atoms in total. The van der Waals surface area contributed by atoms with Crippen molar-refractivity contribution in [3.05, 3.63) is 18.2 Å². The number of benzene rings is 1. The van der Waals surface area contributed by atoms with Crippen LogP contribution in [0.15, 0.2) is 23.2 Å². The fourth-order valence-electron chi connectivity index (χ4n) is 2.00. The SMILES string of the molecule is COc1ccc(OC)c(NC(N)=NC2CC(F)(F)C2)c1.I. The molecule has 1 saturated carbocycles. The molecular weight excluding hydrogens is 395 g/mol. The number of nitrogens with zero attached hydrogens (tertiary/aromatic N) is 1. The molecule has 8 heteroatoms. The maximum Gasteiger partial charge on any atom is 0.252 e. The zero-order chi connectivity index (χ0) is 14.8. The minimum atomic E-state index is -2.61. The number of aliphatic imine (C=N–C) groups is 1. The Kier molecular flexibility index (Phi) is 5.99. The highest BCUT2D eigenvalue weighted by molar-refractivity contribution is 14.0. The second-order valence-electron chi connectivity index (χ2n) is 4.62. The Labute approximate surface area is 138 Å². The molecule has 0 saturated heterocycles. The predicted octanol–water partition coefficient (Wildman–Crippen LogP) is 2.85. The van der Waals surface area contributed by atoms with E-state index in [2.05, 4.69) is 10.3 Å². The molecule has 21 heavy (non-hydrogen) atoms. The Bertz CT molecular complexity index is 518. The number of ether oxygens (including phenoxy) is 2. The predicted molar refractivity (Wildman–Crippen MR) is 88.2 cm³/mol. The monoisotopic (exact) mass is 413 g/mol. The number of rotatable bonds is 4. The van der Waals surface area contributed by atoms with E-state index in [-0.39, 0.29) is 42.8 Å². The highest BCUT2D eigenvalue weighted by atomic mass is 127. The minimum absolute atomic E-state index is 0. The maximum atomic E-state index is 12.7. The van der Waals surface area contributed by atoms with Crippen molar-refractivity contribution in [3.63, 3.8) is 0 Å². The lowest BCUT2D eigenvalue weighted by Gasteiger charge is -2.32. The van der Waals surface area contributed by atoms with Crippen molar-refractivity contribution in [3.8, 4) is 11.5 Å². The van der Waals surface area contributed by atoms with Gasteiger partial charge in [0.25, 0.3) is 5.92 Å². The van der Waals surface area contributed by atoms with E-state index in [1.807, 2.05) is 0 Å². The molecule has 0 atom stereocenters. The Morgan fingerprint density at radius 3 is 2.52 bits per heavy atom. The normalized spacial score (nSPS) is 17.4. The van der Waals surface area contributed by atoms with E-state index < -0.39 is 12.0 Å². The van der Waals surface area contributed by atoms with Crippen LogP contribution in [0.5, 0.6) is 11.5 Å². The van der Waals surface area contributed by atoms with Gasteiger partial charge in [0.2, 0.25) is 0 Å². The van der Waals surface area contributed by atoms with Crippen molar-refractivity contribution < 1.29 is 18.3 Å². The third-order valence-electron chi connectivity index (χ3n) is 3.06. The van der Waals surface area contributed by atoms with E-state index in [0.717, 1.165) is 0 Å². The molecule has 0 spiro atoms. The summed E-state index contributed by atoms with van der Waals surface area (Å²) < 4.78 is 35.7. The van der Waals surface area contributed by atoms with E-state index >= 15 is 0 Å². The first-order valence-corrected chi connectivity index (χ1v) is 6.13. The molecule has 0 heterocycles. The van der Waals surface area contributed by atoms with E-state index in [4.69, 9.17) is 15.2 Å². The first-order chi connectivity index (χ1) is 9.43. The summed E-state index contributed by atoms with van der Waals surface area (Å²) in [5.74, 6) is -1.35. The van der Waals surface area contributed by atoms with Gasteiger partial charge in [0.15, 0.2) is 5.96 Å². The molecule has 0 radical (unpaired) electrons. The average molecular weight is 413 g/mol. The molecule has 0 aromatic heterocycles. The molecular formula is C13H18F2IN3O2. The molecule has 1 aliphatic carbocycles. The average Bonchev–Trinajstić information content (AvgIpc) is 2.36. The second kappa shape index (κ2) is 7.10. The van der Waals surface area contributed by atoms with Gasteiger partial charge in [-0.25, -0.2) is 13.8 Å². The third-order valence-corrected chi connectivity index (χ3v) is 3.06. The zero-order valence-electron chi connectivity index (χ0n) is 11.7. The van der Waals surface area contributed by atoms with Gasteiger partial charge in [0.05, 0.1) is 25.9 Å². The molecule has 0 bridgehead atoms. The van der Waals surface area contributed by atoms with E-state index in [0.29, 0.717) is 17.2 Å². The summed E-state index contributed by atoms with van der Waals surface area (Å²) >= 11 is 0. The number of methoxy groups -OCH3 is 2. The maximum absolute atomic E-state index is 12.7. The van der Waals surface area contributed by atoms with E-state index in [1.165, 1.54) is 7.11 Å². The van der Waals surface area contributed by atoms with Crippen molar-refractivity contribution >= 4 is 35.6 Å². The molecule has 1 aliphatic rings. The fourth-order valence-corrected chi connectivity index (χ4v) is 2.00. The van der Waals surface area contributed by atoms with Gasteiger partial charge in [0.1, 0.15) is 11.5 Å². The summed E-state index contributed by atoms with van der Waals surface area (Å²) in [5, 5.41) is 2.84. The van der Waals surface area contributed by atoms with Gasteiger partial charge < -0.3 is 20.5 Å². The Balaban J connectivity index is 0.00000220. The molecule has 2 rings (SSSR count). The van der Waals surface area contributed by atoms with Crippen molar-refractivity contribution in [2.75, 3.05) is 19.5 Å². The standard InChI is InChI=1S/C13H17F2N3O2.HI/c1-19-9-3-4-11(20-2)10(5-9)18-12(16)17-8-6-13(14,15)7-8;/h3-5,8H,6-7H2,1-2H3,(H3,16,17,18);1H. The van der Waals surface area contributed by atoms with E-state index in [1.54, 1.807) is 25.3 Å². The molecule has 0 unspecified atom stereocenters. The number of hydrogen-bond acceptors (Lipinski definition) is 3. The molecule has 3 N–H and O–H groups in total. The lowest BCUT2D eigenvalue weighted by Crippen LogP contribution is -2.40. The lowest BCUT2D eigenvalue weighted by molar-refractivity contribution is -0.0834. The van der Waals surface area contributed by atoms with Crippen LogP contribution in [0.4, 0.5) is 14.5 Å². The summed E-state index contributed by atoms with van der Waals surface area (Å²) in [7, 11) is 3.06. The van der Waals surface area contributed by atoms with Crippen molar-refractivity contribution in [2.24, 2.45) is 10.7 Å². The van der Waals surface area contributed by atoms with Crippen LogP contribution in [-0.2, 0) is 0 Å². The van der Waals surface area contributed by atoms with Crippen LogP contribution in [0, 0.1) is 0 Å². The summed E-state index contributed by atoms with van der Waals surface area (Å²) in [6.07, 6.45) is -0.519. The lowest BCUT2D eigenvalue weighted by atomic mass is 9.89. The van der Waals surface area contributed by atoms with Gasteiger partial charge >= 0.3 is 0 Å². The minimum Gasteiger partial charge on any atom is -0.497 e. The molecule has 1 fully saturated rings. The number of hydrogen-bond donors (Lipinski definition) is 2. The summed E-state index contributed by atoms with van der Waals surface area (Å²) in [4.78, 5) is 4.01. The first kappa shape index (κ1) is 17.7. The summed E-state index contributed by atoms with van der Waals surface area (Å²) in [5.41, 5.74) is 6.29. The number of halogens is 3. The molecule has 1 aromatic carbocycles. The van der Waals surface area contributed by atoms with Crippen LogP contribution in [0.3, 0.4) is 0 Å². The van der Waals surface area contributed by atoms with Gasteiger partial charge in [-0.3, -0.25) is 0 Å². The highest BCUT2D eigenvalue weighted by Gasteiger charge is 2.45. The van der Waals surface area contributed by atoms with Crippen LogP contribution in [0.25, 0.3) is 0 Å². The first-order valence-electron chi connectivity index (χ1n) is 6.13. The fraction of sp³-hybridized carbons (Fsp3) is 0.462. The number of alkyl halides is 2. The third kappa shape index (κ3) is 4.58. The second-order valence-corrected chi connectivity index (χ2v) is 4.62. The molecule has 1 aromatic rings.